The van der Waals surface area contributed by atoms with Gasteiger partial charge in [-0.05, 0) is 81.0 Å². The van der Waals surface area contributed by atoms with Crippen molar-refractivity contribution in [2.75, 3.05) is 5.75 Å². The second-order valence-corrected chi connectivity index (χ2v) is 8.68. The highest BCUT2D eigenvalue weighted by atomic mass is 32.2. The molecule has 0 unspecified atom stereocenters. The number of aliphatic imine (C=N–C) groups is 1. The summed E-state index contributed by atoms with van der Waals surface area (Å²) in [7, 11) is -3.44. The summed E-state index contributed by atoms with van der Waals surface area (Å²) >= 11 is 0. The summed E-state index contributed by atoms with van der Waals surface area (Å²) in [5.41, 5.74) is 4.25. The molecule has 8 heteroatoms. The second-order valence-electron chi connectivity index (χ2n) is 6.66. The molecule has 29 heavy (non-hydrogen) atoms. The van der Waals surface area contributed by atoms with Gasteiger partial charge in [0.2, 0.25) is 10.0 Å². The molecule has 152 valence electrons. The van der Waals surface area contributed by atoms with E-state index in [9.17, 15) is 18.0 Å². The van der Waals surface area contributed by atoms with E-state index in [-0.39, 0.29) is 11.6 Å². The van der Waals surface area contributed by atoms with Crippen molar-refractivity contribution in [3.63, 3.8) is 0 Å². The van der Waals surface area contributed by atoms with Crippen LogP contribution in [-0.2, 0) is 10.0 Å². The maximum absolute atomic E-state index is 13.2. The minimum absolute atomic E-state index is 0.0435. The third-order valence-electron chi connectivity index (χ3n) is 4.43. The van der Waals surface area contributed by atoms with Gasteiger partial charge in [-0.1, -0.05) is 0 Å². The molecule has 0 spiro atoms. The van der Waals surface area contributed by atoms with Crippen LogP contribution in [-0.4, -0.2) is 30.2 Å². The molecule has 0 aromatic heterocycles. The topological polar surface area (TPSA) is 82.0 Å². The summed E-state index contributed by atoms with van der Waals surface area (Å²) in [5, 5.41) is 11.1. The zero-order chi connectivity index (χ0) is 21.2. The summed E-state index contributed by atoms with van der Waals surface area (Å²) in [6, 6.07) is 5.79. The minimum Gasteiger partial charge on any atom is -0.284 e. The van der Waals surface area contributed by atoms with E-state index in [4.69, 9.17) is 0 Å². The quantitative estimate of drug-likeness (QED) is 0.776. The lowest BCUT2D eigenvalue weighted by Gasteiger charge is -2.24. The summed E-state index contributed by atoms with van der Waals surface area (Å²) < 4.78 is 39.7. The minimum atomic E-state index is -3.44. The molecule has 2 N–H and O–H groups in total. The van der Waals surface area contributed by atoms with Crippen LogP contribution in [0.25, 0.3) is 0 Å². The van der Waals surface area contributed by atoms with Crippen LogP contribution in [0.5, 0.6) is 0 Å². The zero-order valence-electron chi connectivity index (χ0n) is 16.3. The van der Waals surface area contributed by atoms with Crippen molar-refractivity contribution < 1.29 is 18.0 Å². The Balaban J connectivity index is 2.13. The molecule has 3 rings (SSSR count). The van der Waals surface area contributed by atoms with Gasteiger partial charge in [0.25, 0.3) is 0 Å². The van der Waals surface area contributed by atoms with Crippen molar-refractivity contribution >= 4 is 21.4 Å². The van der Waals surface area contributed by atoms with Crippen LogP contribution in [0.15, 0.2) is 87.9 Å². The van der Waals surface area contributed by atoms with E-state index in [0.717, 1.165) is 10.6 Å². The first-order valence-corrected chi connectivity index (χ1v) is 10.7. The molecule has 1 aromatic carbocycles. The van der Waals surface area contributed by atoms with E-state index in [1.165, 1.54) is 12.1 Å². The SMILES string of the molecule is CCS(=O)(=O)NC1=CC(=C2C=C(C)N(O)C(C)=C2)C(=Nc2ccc(F)cc2)C=C1. The van der Waals surface area contributed by atoms with Crippen molar-refractivity contribution in [1.82, 2.24) is 9.79 Å². The highest BCUT2D eigenvalue weighted by molar-refractivity contribution is 7.89. The van der Waals surface area contributed by atoms with Crippen LogP contribution in [0.4, 0.5) is 10.1 Å². The van der Waals surface area contributed by atoms with E-state index in [1.807, 2.05) is 0 Å². The van der Waals surface area contributed by atoms with Crippen LogP contribution in [0.3, 0.4) is 0 Å². The Morgan fingerprint density at radius 2 is 1.69 bits per heavy atom. The van der Waals surface area contributed by atoms with E-state index in [0.29, 0.717) is 34.1 Å². The summed E-state index contributed by atoms with van der Waals surface area (Å²) in [6.45, 7) is 5.08. The molecule has 0 saturated heterocycles. The number of hydroxylamine groups is 2. The maximum atomic E-state index is 13.2. The normalized spacial score (nSPS) is 18.6. The first-order chi connectivity index (χ1) is 13.7. The lowest BCUT2D eigenvalue weighted by atomic mass is 9.95. The average Bonchev–Trinajstić information content (AvgIpc) is 2.68. The largest absolute Gasteiger partial charge is 0.284 e. The fraction of sp³-hybridized carbons (Fsp3) is 0.190. The predicted octanol–water partition coefficient (Wildman–Crippen LogP) is 4.10. The predicted molar refractivity (Wildman–Crippen MR) is 111 cm³/mol. The fourth-order valence-corrected chi connectivity index (χ4v) is 3.51. The van der Waals surface area contributed by atoms with E-state index in [2.05, 4.69) is 9.71 Å². The lowest BCUT2D eigenvalue weighted by Crippen LogP contribution is -2.25. The highest BCUT2D eigenvalue weighted by Crippen LogP contribution is 2.28. The van der Waals surface area contributed by atoms with Crippen molar-refractivity contribution in [2.45, 2.75) is 20.8 Å². The number of hydrogen-bond acceptors (Lipinski definition) is 5. The molecule has 1 aromatic rings. The molecule has 0 fully saturated rings. The average molecular weight is 415 g/mol. The molecule has 0 atom stereocenters. The van der Waals surface area contributed by atoms with Crippen molar-refractivity contribution in [1.29, 1.82) is 0 Å². The first-order valence-electron chi connectivity index (χ1n) is 9.03. The molecule has 6 nitrogen and oxygen atoms in total. The Morgan fingerprint density at radius 3 is 2.28 bits per heavy atom. The Bertz CT molecular complexity index is 1090. The van der Waals surface area contributed by atoms with Crippen LogP contribution in [0.1, 0.15) is 20.8 Å². The van der Waals surface area contributed by atoms with Gasteiger partial charge in [-0.25, -0.2) is 22.9 Å². The smallest absolute Gasteiger partial charge is 0.232 e. The van der Waals surface area contributed by atoms with Gasteiger partial charge in [-0.2, -0.15) is 0 Å². The van der Waals surface area contributed by atoms with Crippen molar-refractivity contribution in [3.05, 3.63) is 88.7 Å². The molecular weight excluding hydrogens is 393 g/mol. The maximum Gasteiger partial charge on any atom is 0.232 e. The van der Waals surface area contributed by atoms with Gasteiger partial charge in [0.1, 0.15) is 5.82 Å². The number of hydrogen-bond donors (Lipinski definition) is 2. The van der Waals surface area contributed by atoms with Gasteiger partial charge in [-0.15, -0.1) is 0 Å². The van der Waals surface area contributed by atoms with Crippen LogP contribution >= 0.6 is 0 Å². The number of halogens is 1. The molecule has 0 bridgehead atoms. The fourth-order valence-electron chi connectivity index (χ4n) is 2.88. The molecule has 2 aliphatic rings. The molecular formula is C21H22FN3O3S. The summed E-state index contributed by atoms with van der Waals surface area (Å²) in [6.07, 6.45) is 8.60. The molecule has 1 aliphatic carbocycles. The van der Waals surface area contributed by atoms with Crippen LogP contribution in [0.2, 0.25) is 0 Å². The third-order valence-corrected chi connectivity index (χ3v) is 5.74. The monoisotopic (exact) mass is 415 g/mol. The zero-order valence-corrected chi connectivity index (χ0v) is 17.2. The Hall–Kier alpha value is -2.97. The van der Waals surface area contributed by atoms with Crippen molar-refractivity contribution in [2.24, 2.45) is 4.99 Å². The van der Waals surface area contributed by atoms with Gasteiger partial charge in [0.05, 0.1) is 17.2 Å². The number of sulfonamides is 1. The van der Waals surface area contributed by atoms with E-state index in [1.54, 1.807) is 63.3 Å². The Labute approximate surface area is 169 Å². The highest BCUT2D eigenvalue weighted by Gasteiger charge is 2.19. The first kappa shape index (κ1) is 20.8. The number of benzene rings is 1. The summed E-state index contributed by atoms with van der Waals surface area (Å²) in [4.78, 5) is 4.58. The van der Waals surface area contributed by atoms with Gasteiger partial charge < -0.3 is 0 Å². The van der Waals surface area contributed by atoms with Crippen LogP contribution < -0.4 is 4.72 Å². The Morgan fingerprint density at radius 1 is 1.07 bits per heavy atom. The molecule has 0 saturated carbocycles. The number of rotatable bonds is 4. The number of allylic oxidation sites excluding steroid dienone is 9. The van der Waals surface area contributed by atoms with Gasteiger partial charge in [-0.3, -0.25) is 9.93 Å². The van der Waals surface area contributed by atoms with Crippen molar-refractivity contribution in [3.8, 4) is 0 Å². The summed E-state index contributed by atoms with van der Waals surface area (Å²) in [5.74, 6) is -0.395. The standard InChI is InChI=1S/C21H22FN3O3S/c1-4-29(27,28)24-19-9-10-21(23-18-7-5-17(22)6-8-18)20(13-19)16-11-14(2)25(26)15(3)12-16/h5-13,24,26H,4H2,1-3H3. The molecule has 0 radical (unpaired) electrons. The third kappa shape index (κ3) is 4.90. The lowest BCUT2D eigenvalue weighted by molar-refractivity contribution is -0.0195. The molecule has 1 heterocycles. The molecule has 0 amide bonds. The van der Waals surface area contributed by atoms with Gasteiger partial charge in [0, 0.05) is 22.7 Å². The van der Waals surface area contributed by atoms with E-state index >= 15 is 0 Å². The number of nitrogens with one attached hydrogen (secondary N) is 1. The van der Waals surface area contributed by atoms with E-state index < -0.39 is 10.0 Å². The Kier molecular flexibility index (Phi) is 5.86. The number of nitrogens with zero attached hydrogens (tertiary/aromatic N) is 2. The van der Waals surface area contributed by atoms with Gasteiger partial charge in [0.15, 0.2) is 0 Å². The molecule has 1 aliphatic heterocycles. The second kappa shape index (κ2) is 8.18. The van der Waals surface area contributed by atoms with Gasteiger partial charge >= 0.3 is 0 Å². The van der Waals surface area contributed by atoms with Crippen LogP contribution in [0, 0.1) is 5.82 Å².